The molecule has 1 saturated heterocycles. The van der Waals surface area contributed by atoms with Gasteiger partial charge in [0.2, 0.25) is 5.91 Å². The number of ether oxygens (including phenoxy) is 1. The SMILES string of the molecule is CC1OC(C)C(C(=O)NC2CNc3ccccc3C2)C1C. The summed E-state index contributed by atoms with van der Waals surface area (Å²) in [5, 5.41) is 6.60. The van der Waals surface area contributed by atoms with Gasteiger partial charge >= 0.3 is 0 Å². The van der Waals surface area contributed by atoms with Crippen molar-refractivity contribution in [2.45, 2.75) is 45.4 Å². The third-order valence-corrected chi connectivity index (χ3v) is 4.91. The molecule has 1 fully saturated rings. The maximum absolute atomic E-state index is 12.6. The zero-order valence-electron chi connectivity index (χ0n) is 12.9. The number of carbonyl (C=O) groups excluding carboxylic acids is 1. The van der Waals surface area contributed by atoms with E-state index in [4.69, 9.17) is 4.74 Å². The third-order valence-electron chi connectivity index (χ3n) is 4.91. The Balaban J connectivity index is 1.64. The molecule has 0 aromatic heterocycles. The first-order valence-corrected chi connectivity index (χ1v) is 7.84. The van der Waals surface area contributed by atoms with Crippen molar-refractivity contribution < 1.29 is 9.53 Å². The van der Waals surface area contributed by atoms with E-state index in [2.05, 4.69) is 29.7 Å². The Labute approximate surface area is 126 Å². The molecule has 0 bridgehead atoms. The Hall–Kier alpha value is -1.55. The fourth-order valence-corrected chi connectivity index (χ4v) is 3.56. The lowest BCUT2D eigenvalue weighted by Crippen LogP contribution is -2.48. The Morgan fingerprint density at radius 3 is 2.71 bits per heavy atom. The second kappa shape index (κ2) is 5.68. The minimum atomic E-state index is -0.0443. The molecule has 2 aliphatic heterocycles. The zero-order valence-corrected chi connectivity index (χ0v) is 12.9. The maximum Gasteiger partial charge on any atom is 0.226 e. The van der Waals surface area contributed by atoms with Crippen molar-refractivity contribution in [3.8, 4) is 0 Å². The quantitative estimate of drug-likeness (QED) is 0.877. The summed E-state index contributed by atoms with van der Waals surface area (Å²) in [4.78, 5) is 12.6. The average Bonchev–Trinajstić information content (AvgIpc) is 2.72. The van der Waals surface area contributed by atoms with Gasteiger partial charge in [-0.25, -0.2) is 0 Å². The normalized spacial score (nSPS) is 34.9. The number of fused-ring (bicyclic) bond motifs is 1. The molecule has 4 nitrogen and oxygen atoms in total. The van der Waals surface area contributed by atoms with E-state index in [1.54, 1.807) is 0 Å². The van der Waals surface area contributed by atoms with Crippen LogP contribution in [0.3, 0.4) is 0 Å². The van der Waals surface area contributed by atoms with Crippen LogP contribution in [0.1, 0.15) is 26.3 Å². The van der Waals surface area contributed by atoms with Crippen molar-refractivity contribution in [1.82, 2.24) is 5.32 Å². The van der Waals surface area contributed by atoms with E-state index in [1.165, 1.54) is 11.3 Å². The van der Waals surface area contributed by atoms with Gasteiger partial charge in [0.05, 0.1) is 24.2 Å². The fraction of sp³-hybridized carbons (Fsp3) is 0.588. The largest absolute Gasteiger partial charge is 0.383 e. The van der Waals surface area contributed by atoms with Crippen molar-refractivity contribution in [2.75, 3.05) is 11.9 Å². The monoisotopic (exact) mass is 288 g/mol. The minimum absolute atomic E-state index is 0.00108. The van der Waals surface area contributed by atoms with E-state index in [9.17, 15) is 4.79 Å². The molecule has 3 rings (SSSR count). The average molecular weight is 288 g/mol. The van der Waals surface area contributed by atoms with E-state index in [0.29, 0.717) is 0 Å². The first-order chi connectivity index (χ1) is 10.1. The highest BCUT2D eigenvalue weighted by Gasteiger charge is 2.42. The standard InChI is InChI=1S/C17H24N2O2/c1-10-11(2)21-12(3)16(10)17(20)19-14-8-13-6-4-5-7-15(13)18-9-14/h4-7,10-12,14,16,18H,8-9H2,1-3H3,(H,19,20). The van der Waals surface area contributed by atoms with Gasteiger partial charge in [-0.1, -0.05) is 25.1 Å². The molecule has 0 spiro atoms. The lowest BCUT2D eigenvalue weighted by atomic mass is 9.88. The Bertz CT molecular complexity index is 531. The predicted octanol–water partition coefficient (Wildman–Crippen LogP) is 2.20. The molecule has 2 N–H and O–H groups in total. The number of hydrogen-bond donors (Lipinski definition) is 2. The van der Waals surface area contributed by atoms with Crippen LogP contribution in [0.5, 0.6) is 0 Å². The molecule has 5 unspecified atom stereocenters. The first-order valence-electron chi connectivity index (χ1n) is 7.84. The summed E-state index contributed by atoms with van der Waals surface area (Å²) >= 11 is 0. The third kappa shape index (κ3) is 2.77. The second-order valence-electron chi connectivity index (χ2n) is 6.38. The van der Waals surface area contributed by atoms with Crippen molar-refractivity contribution in [2.24, 2.45) is 11.8 Å². The van der Waals surface area contributed by atoms with Gasteiger partial charge in [0.1, 0.15) is 0 Å². The van der Waals surface area contributed by atoms with Crippen LogP contribution >= 0.6 is 0 Å². The predicted molar refractivity (Wildman–Crippen MR) is 83.2 cm³/mol. The van der Waals surface area contributed by atoms with Gasteiger partial charge in [-0.2, -0.15) is 0 Å². The molecular weight excluding hydrogens is 264 g/mol. The van der Waals surface area contributed by atoms with Crippen molar-refractivity contribution >= 4 is 11.6 Å². The first kappa shape index (κ1) is 14.4. The molecule has 21 heavy (non-hydrogen) atoms. The molecular formula is C17H24N2O2. The number of nitrogens with one attached hydrogen (secondary N) is 2. The highest BCUT2D eigenvalue weighted by atomic mass is 16.5. The molecule has 1 aromatic carbocycles. The number of hydrogen-bond acceptors (Lipinski definition) is 3. The van der Waals surface area contributed by atoms with Gasteiger partial charge in [-0.15, -0.1) is 0 Å². The van der Waals surface area contributed by atoms with Crippen LogP contribution in [0.15, 0.2) is 24.3 Å². The van der Waals surface area contributed by atoms with Crippen molar-refractivity contribution in [3.05, 3.63) is 29.8 Å². The summed E-state index contributed by atoms with van der Waals surface area (Å²) < 4.78 is 5.78. The van der Waals surface area contributed by atoms with Crippen LogP contribution in [-0.2, 0) is 16.0 Å². The zero-order chi connectivity index (χ0) is 15.0. The van der Waals surface area contributed by atoms with Crippen molar-refractivity contribution in [3.63, 3.8) is 0 Å². The molecule has 0 aliphatic carbocycles. The second-order valence-corrected chi connectivity index (χ2v) is 6.38. The number of carbonyl (C=O) groups is 1. The highest BCUT2D eigenvalue weighted by molar-refractivity contribution is 5.80. The van der Waals surface area contributed by atoms with Crippen LogP contribution in [0.25, 0.3) is 0 Å². The summed E-state index contributed by atoms with van der Waals surface area (Å²) in [6.45, 7) is 6.94. The van der Waals surface area contributed by atoms with E-state index >= 15 is 0 Å². The van der Waals surface area contributed by atoms with Crippen LogP contribution in [-0.4, -0.2) is 30.7 Å². The summed E-state index contributed by atoms with van der Waals surface area (Å²) in [5.74, 6) is 0.353. The summed E-state index contributed by atoms with van der Waals surface area (Å²) in [6.07, 6.45) is 1.04. The van der Waals surface area contributed by atoms with Crippen LogP contribution < -0.4 is 10.6 Å². The van der Waals surface area contributed by atoms with E-state index < -0.39 is 0 Å². The number of rotatable bonds is 2. The number of benzene rings is 1. The van der Waals surface area contributed by atoms with Gasteiger partial charge in [0.25, 0.3) is 0 Å². The van der Waals surface area contributed by atoms with E-state index in [-0.39, 0.29) is 36.0 Å². The number of anilines is 1. The van der Waals surface area contributed by atoms with Crippen LogP contribution in [0.4, 0.5) is 5.69 Å². The maximum atomic E-state index is 12.6. The number of para-hydroxylation sites is 1. The summed E-state index contributed by atoms with van der Waals surface area (Å²) in [5.41, 5.74) is 2.45. The highest BCUT2D eigenvalue weighted by Crippen LogP contribution is 2.32. The van der Waals surface area contributed by atoms with Gasteiger partial charge < -0.3 is 15.4 Å². The molecule has 5 atom stereocenters. The Morgan fingerprint density at radius 1 is 1.24 bits per heavy atom. The lowest BCUT2D eigenvalue weighted by Gasteiger charge is -2.29. The fourth-order valence-electron chi connectivity index (χ4n) is 3.56. The lowest BCUT2D eigenvalue weighted by molar-refractivity contribution is -0.127. The summed E-state index contributed by atoms with van der Waals surface area (Å²) in [6, 6.07) is 8.44. The van der Waals surface area contributed by atoms with Crippen molar-refractivity contribution in [1.29, 1.82) is 0 Å². The minimum Gasteiger partial charge on any atom is -0.383 e. The van der Waals surface area contributed by atoms with Gasteiger partial charge in [-0.05, 0) is 37.8 Å². The molecule has 2 aliphatic rings. The smallest absolute Gasteiger partial charge is 0.226 e. The molecule has 4 heteroatoms. The Kier molecular flexibility index (Phi) is 3.89. The molecule has 0 radical (unpaired) electrons. The van der Waals surface area contributed by atoms with Gasteiger partial charge in [0, 0.05) is 12.2 Å². The van der Waals surface area contributed by atoms with Crippen LogP contribution in [0.2, 0.25) is 0 Å². The topological polar surface area (TPSA) is 50.4 Å². The molecule has 114 valence electrons. The Morgan fingerprint density at radius 2 is 2.00 bits per heavy atom. The van der Waals surface area contributed by atoms with Gasteiger partial charge in [-0.3, -0.25) is 4.79 Å². The van der Waals surface area contributed by atoms with E-state index in [1.807, 2.05) is 26.0 Å². The van der Waals surface area contributed by atoms with Gasteiger partial charge in [0.15, 0.2) is 0 Å². The molecule has 1 aromatic rings. The molecule has 0 saturated carbocycles. The molecule has 2 heterocycles. The summed E-state index contributed by atoms with van der Waals surface area (Å²) in [7, 11) is 0. The molecule has 1 amide bonds. The van der Waals surface area contributed by atoms with Crippen LogP contribution in [0, 0.1) is 11.8 Å². The number of amides is 1. The van der Waals surface area contributed by atoms with E-state index in [0.717, 1.165) is 13.0 Å².